The molecule has 3 aromatic rings. The largest absolute Gasteiger partial charge is 0.362 e. The molecule has 0 atom stereocenters. The van der Waals surface area contributed by atoms with E-state index in [0.717, 1.165) is 10.2 Å². The molecule has 0 saturated heterocycles. The molecule has 0 unspecified atom stereocenters. The van der Waals surface area contributed by atoms with Gasteiger partial charge in [-0.25, -0.2) is 14.2 Å². The quantitative estimate of drug-likeness (QED) is 0.711. The summed E-state index contributed by atoms with van der Waals surface area (Å²) in [7, 11) is 1.47. The minimum absolute atomic E-state index is 0.0242. The molecule has 8 nitrogen and oxygen atoms in total. The van der Waals surface area contributed by atoms with Gasteiger partial charge in [-0.05, 0) is 23.8 Å². The summed E-state index contributed by atoms with van der Waals surface area (Å²) in [5.41, 5.74) is 2.03. The first-order chi connectivity index (χ1) is 11.2. The third-order valence-electron chi connectivity index (χ3n) is 3.17. The lowest BCUT2D eigenvalue weighted by atomic mass is 10.1. The molecule has 0 spiro atoms. The van der Waals surface area contributed by atoms with Crippen molar-refractivity contribution in [2.24, 2.45) is 0 Å². The maximum absolute atomic E-state index is 12.1. The Balaban J connectivity index is 1.94. The number of methoxy groups -OCH3 is 1. The van der Waals surface area contributed by atoms with Crippen LogP contribution in [0.3, 0.4) is 0 Å². The van der Waals surface area contributed by atoms with Gasteiger partial charge in [-0.2, -0.15) is 9.94 Å². The van der Waals surface area contributed by atoms with E-state index in [-0.39, 0.29) is 12.4 Å². The number of nitriles is 1. The second-order valence-corrected chi connectivity index (χ2v) is 4.68. The molecule has 0 aliphatic carbocycles. The van der Waals surface area contributed by atoms with Crippen LogP contribution in [0.25, 0.3) is 17.8 Å². The first-order valence-corrected chi connectivity index (χ1v) is 6.71. The summed E-state index contributed by atoms with van der Waals surface area (Å²) >= 11 is 0. The fraction of sp³-hybridized carbons (Fsp3) is 0.133. The van der Waals surface area contributed by atoms with Crippen LogP contribution >= 0.6 is 0 Å². The third kappa shape index (κ3) is 2.86. The van der Waals surface area contributed by atoms with E-state index in [1.807, 2.05) is 18.2 Å². The summed E-state index contributed by atoms with van der Waals surface area (Å²) in [5.74, 6) is 0. The molecule has 0 amide bonds. The Morgan fingerprint density at radius 1 is 1.30 bits per heavy atom. The zero-order chi connectivity index (χ0) is 16.2. The van der Waals surface area contributed by atoms with Gasteiger partial charge in [0.1, 0.15) is 18.8 Å². The van der Waals surface area contributed by atoms with Gasteiger partial charge in [0.05, 0.1) is 11.6 Å². The molecule has 0 saturated carbocycles. The number of benzene rings is 1. The Hall–Kier alpha value is -3.31. The van der Waals surface area contributed by atoms with Crippen molar-refractivity contribution in [1.29, 1.82) is 5.26 Å². The normalized spacial score (nSPS) is 11.1. The van der Waals surface area contributed by atoms with Crippen LogP contribution in [-0.4, -0.2) is 31.5 Å². The first-order valence-electron chi connectivity index (χ1n) is 6.71. The van der Waals surface area contributed by atoms with Crippen molar-refractivity contribution in [2.45, 2.75) is 6.73 Å². The number of hydrogen-bond donors (Lipinski definition) is 0. The van der Waals surface area contributed by atoms with Crippen LogP contribution in [0.1, 0.15) is 16.8 Å². The number of hydrogen-bond acceptors (Lipinski definition) is 6. The number of ether oxygens (including phenoxy) is 1. The van der Waals surface area contributed by atoms with E-state index in [4.69, 9.17) is 10.00 Å². The van der Waals surface area contributed by atoms with E-state index in [9.17, 15) is 4.79 Å². The van der Waals surface area contributed by atoms with E-state index in [1.54, 1.807) is 18.2 Å². The highest BCUT2D eigenvalue weighted by molar-refractivity contribution is 5.74. The predicted molar refractivity (Wildman–Crippen MR) is 82.1 cm³/mol. The molecule has 3 rings (SSSR count). The minimum Gasteiger partial charge on any atom is -0.362 e. The fourth-order valence-corrected chi connectivity index (χ4v) is 2.02. The monoisotopic (exact) mass is 308 g/mol. The Labute approximate surface area is 130 Å². The highest BCUT2D eigenvalue weighted by Crippen LogP contribution is 2.10. The molecule has 1 aromatic carbocycles. The third-order valence-corrected chi connectivity index (χ3v) is 3.17. The molecule has 0 N–H and O–H groups in total. The molecule has 0 aliphatic rings. The SMILES string of the molecule is COCn1nnc2c(C=Cc3ccc(C#N)cc3)ncn2c1=O. The number of rotatable bonds is 4. The van der Waals surface area contributed by atoms with Gasteiger partial charge in [-0.15, -0.1) is 5.10 Å². The molecule has 114 valence electrons. The zero-order valence-corrected chi connectivity index (χ0v) is 12.2. The van der Waals surface area contributed by atoms with E-state index < -0.39 is 0 Å². The number of aromatic nitrogens is 5. The van der Waals surface area contributed by atoms with Crippen LogP contribution in [0.5, 0.6) is 0 Å². The average molecular weight is 308 g/mol. The summed E-state index contributed by atoms with van der Waals surface area (Å²) in [6.45, 7) is 0.0242. The van der Waals surface area contributed by atoms with Gasteiger partial charge in [0.2, 0.25) is 0 Å². The lowest BCUT2D eigenvalue weighted by molar-refractivity contribution is 0.111. The van der Waals surface area contributed by atoms with E-state index in [1.165, 1.54) is 17.8 Å². The smallest absolute Gasteiger partial charge is 0.355 e. The minimum atomic E-state index is -0.373. The zero-order valence-electron chi connectivity index (χ0n) is 12.2. The second-order valence-electron chi connectivity index (χ2n) is 4.68. The van der Waals surface area contributed by atoms with E-state index in [2.05, 4.69) is 21.4 Å². The van der Waals surface area contributed by atoms with Crippen molar-refractivity contribution in [3.05, 3.63) is 57.9 Å². The molecule has 23 heavy (non-hydrogen) atoms. The molecule has 0 radical (unpaired) electrons. The van der Waals surface area contributed by atoms with Crippen molar-refractivity contribution < 1.29 is 4.74 Å². The van der Waals surface area contributed by atoms with Gasteiger partial charge < -0.3 is 4.74 Å². The lowest BCUT2D eigenvalue weighted by Gasteiger charge is -2.01. The van der Waals surface area contributed by atoms with E-state index >= 15 is 0 Å². The first kappa shape index (κ1) is 14.6. The van der Waals surface area contributed by atoms with Gasteiger partial charge in [-0.1, -0.05) is 23.4 Å². The van der Waals surface area contributed by atoms with Crippen LogP contribution in [-0.2, 0) is 11.5 Å². The summed E-state index contributed by atoms with van der Waals surface area (Å²) in [6, 6.07) is 9.17. The highest BCUT2D eigenvalue weighted by Gasteiger charge is 2.09. The van der Waals surface area contributed by atoms with Gasteiger partial charge >= 0.3 is 5.69 Å². The Kier molecular flexibility index (Phi) is 3.95. The van der Waals surface area contributed by atoms with E-state index in [0.29, 0.717) is 16.9 Å². The standard InChI is InChI=1S/C15H12N6O2/c1-23-10-21-15(22)20-9-17-13(14(20)18-19-21)7-6-11-2-4-12(8-16)5-3-11/h2-7,9H,10H2,1H3. The van der Waals surface area contributed by atoms with Crippen molar-refractivity contribution in [3.8, 4) is 6.07 Å². The summed E-state index contributed by atoms with van der Waals surface area (Å²) in [6.07, 6.45) is 4.97. The number of imidazole rings is 1. The van der Waals surface area contributed by atoms with Crippen molar-refractivity contribution >= 4 is 17.8 Å². The Morgan fingerprint density at radius 3 is 2.78 bits per heavy atom. The van der Waals surface area contributed by atoms with Crippen LogP contribution in [0.15, 0.2) is 35.4 Å². The van der Waals surface area contributed by atoms with Gasteiger partial charge in [-0.3, -0.25) is 0 Å². The predicted octanol–water partition coefficient (Wildman–Crippen LogP) is 0.932. The van der Waals surface area contributed by atoms with Crippen LogP contribution < -0.4 is 5.69 Å². The maximum Gasteiger partial charge on any atom is 0.355 e. The molecular weight excluding hydrogens is 296 g/mol. The van der Waals surface area contributed by atoms with Crippen molar-refractivity contribution in [1.82, 2.24) is 24.4 Å². The van der Waals surface area contributed by atoms with Gasteiger partial charge in [0.15, 0.2) is 5.65 Å². The molecule has 8 heteroatoms. The maximum atomic E-state index is 12.1. The summed E-state index contributed by atoms with van der Waals surface area (Å²) < 4.78 is 7.29. The molecule has 2 heterocycles. The molecule has 0 aliphatic heterocycles. The van der Waals surface area contributed by atoms with Crippen LogP contribution in [0, 0.1) is 11.3 Å². The Morgan fingerprint density at radius 2 is 2.09 bits per heavy atom. The van der Waals surface area contributed by atoms with Crippen LogP contribution in [0.2, 0.25) is 0 Å². The van der Waals surface area contributed by atoms with Crippen molar-refractivity contribution in [3.63, 3.8) is 0 Å². The van der Waals surface area contributed by atoms with Crippen molar-refractivity contribution in [2.75, 3.05) is 7.11 Å². The molecule has 0 bridgehead atoms. The summed E-state index contributed by atoms with van der Waals surface area (Å²) in [5, 5.41) is 16.6. The lowest BCUT2D eigenvalue weighted by Crippen LogP contribution is -2.30. The summed E-state index contributed by atoms with van der Waals surface area (Å²) in [4.78, 5) is 16.3. The molecule has 2 aromatic heterocycles. The van der Waals surface area contributed by atoms with Crippen LogP contribution in [0.4, 0.5) is 0 Å². The highest BCUT2D eigenvalue weighted by atomic mass is 16.5. The number of nitrogens with zero attached hydrogens (tertiary/aromatic N) is 6. The molecular formula is C15H12N6O2. The number of fused-ring (bicyclic) bond motifs is 1. The second kappa shape index (κ2) is 6.21. The topological polar surface area (TPSA) is 98.1 Å². The van der Waals surface area contributed by atoms with Gasteiger partial charge in [0, 0.05) is 7.11 Å². The Bertz CT molecular complexity index is 962. The average Bonchev–Trinajstić information content (AvgIpc) is 3.00. The molecule has 0 fully saturated rings. The fourth-order valence-electron chi connectivity index (χ4n) is 2.02. The van der Waals surface area contributed by atoms with Gasteiger partial charge in [0.25, 0.3) is 0 Å².